The molecule has 0 radical (unpaired) electrons. The molecule has 3 rings (SSSR count). The van der Waals surface area contributed by atoms with Gasteiger partial charge >= 0.3 is 0 Å². The van der Waals surface area contributed by atoms with Crippen molar-refractivity contribution in [2.45, 2.75) is 26.7 Å². The summed E-state index contributed by atoms with van der Waals surface area (Å²) in [6.07, 6.45) is 3.17. The number of amides is 1. The van der Waals surface area contributed by atoms with Gasteiger partial charge in [0.25, 0.3) is 0 Å². The van der Waals surface area contributed by atoms with Crippen molar-refractivity contribution >= 4 is 11.6 Å². The third-order valence-electron chi connectivity index (χ3n) is 5.01. The highest BCUT2D eigenvalue weighted by atomic mass is 16.5. The molecule has 1 aromatic heterocycles. The van der Waals surface area contributed by atoms with Crippen LogP contribution >= 0.6 is 0 Å². The van der Waals surface area contributed by atoms with Crippen molar-refractivity contribution < 1.29 is 14.3 Å². The summed E-state index contributed by atoms with van der Waals surface area (Å²) < 4.78 is 12.7. The smallest absolute Gasteiger partial charge is 0.233 e. The van der Waals surface area contributed by atoms with Crippen molar-refractivity contribution in [2.75, 3.05) is 32.2 Å². The molecule has 0 saturated carbocycles. The normalized spacial score (nSPS) is 16.6. The van der Waals surface area contributed by atoms with E-state index in [1.54, 1.807) is 7.11 Å². The first-order valence-electron chi connectivity index (χ1n) is 8.55. The van der Waals surface area contributed by atoms with Gasteiger partial charge in [0.05, 0.1) is 24.0 Å². The first-order valence-corrected chi connectivity index (χ1v) is 8.55. The van der Waals surface area contributed by atoms with E-state index in [1.807, 2.05) is 49.0 Å². The molecule has 2 aromatic rings. The number of imidazole rings is 1. The van der Waals surface area contributed by atoms with Crippen molar-refractivity contribution in [3.8, 4) is 5.69 Å². The number of methoxy groups -OCH3 is 1. The zero-order chi connectivity index (χ0) is 17.9. The van der Waals surface area contributed by atoms with Crippen molar-refractivity contribution in [1.29, 1.82) is 0 Å². The van der Waals surface area contributed by atoms with E-state index in [0.29, 0.717) is 32.7 Å². The Bertz CT molecular complexity index is 725. The van der Waals surface area contributed by atoms with Gasteiger partial charge in [-0.3, -0.25) is 4.79 Å². The minimum Gasteiger partial charge on any atom is -0.384 e. The van der Waals surface area contributed by atoms with E-state index in [-0.39, 0.29) is 5.91 Å². The first-order chi connectivity index (χ1) is 12.1. The van der Waals surface area contributed by atoms with E-state index in [2.05, 4.69) is 10.3 Å². The fourth-order valence-electron chi connectivity index (χ4n) is 3.20. The fraction of sp³-hybridized carbons (Fsp3) is 0.474. The lowest BCUT2D eigenvalue weighted by atomic mass is 9.80. The van der Waals surface area contributed by atoms with Gasteiger partial charge in [0.2, 0.25) is 5.91 Å². The van der Waals surface area contributed by atoms with E-state index < -0.39 is 5.41 Å². The molecule has 0 unspecified atom stereocenters. The van der Waals surface area contributed by atoms with Gasteiger partial charge in [-0.1, -0.05) is 0 Å². The summed E-state index contributed by atoms with van der Waals surface area (Å²) in [5, 5.41) is 3.04. The zero-order valence-corrected chi connectivity index (χ0v) is 15.0. The minimum atomic E-state index is -0.510. The molecule has 1 saturated heterocycles. The molecule has 134 valence electrons. The Balaban J connectivity index is 1.74. The SMILES string of the molecule is COCC1(C(=O)Nc2ccc(-n3cnc(C)c3C)cc2)CCOCC1. The highest BCUT2D eigenvalue weighted by Gasteiger charge is 2.40. The summed E-state index contributed by atoms with van der Waals surface area (Å²) in [5.74, 6) is 0.0000517. The third kappa shape index (κ3) is 3.60. The maximum absolute atomic E-state index is 12.8. The van der Waals surface area contributed by atoms with Crippen LogP contribution in [0.1, 0.15) is 24.2 Å². The number of hydrogen-bond donors (Lipinski definition) is 1. The Morgan fingerprint density at radius 3 is 2.52 bits per heavy atom. The van der Waals surface area contributed by atoms with Gasteiger partial charge < -0.3 is 19.4 Å². The Hall–Kier alpha value is -2.18. The number of aromatic nitrogens is 2. The molecule has 1 amide bonds. The summed E-state index contributed by atoms with van der Waals surface area (Å²) >= 11 is 0. The molecule has 2 heterocycles. The fourth-order valence-corrected chi connectivity index (χ4v) is 3.20. The third-order valence-corrected chi connectivity index (χ3v) is 5.01. The highest BCUT2D eigenvalue weighted by Crippen LogP contribution is 2.32. The average molecular weight is 343 g/mol. The van der Waals surface area contributed by atoms with Gasteiger partial charge in [-0.2, -0.15) is 0 Å². The number of carbonyl (C=O) groups excluding carboxylic acids is 1. The molecule has 25 heavy (non-hydrogen) atoms. The Morgan fingerprint density at radius 1 is 1.28 bits per heavy atom. The lowest BCUT2D eigenvalue weighted by Crippen LogP contribution is -2.44. The van der Waals surface area contributed by atoms with E-state index in [4.69, 9.17) is 9.47 Å². The molecule has 0 bridgehead atoms. The summed E-state index contributed by atoms with van der Waals surface area (Å²) in [6, 6.07) is 7.80. The van der Waals surface area contributed by atoms with Gasteiger partial charge in [0, 0.05) is 37.4 Å². The quantitative estimate of drug-likeness (QED) is 0.907. The van der Waals surface area contributed by atoms with E-state index in [9.17, 15) is 4.79 Å². The number of ether oxygens (including phenoxy) is 2. The van der Waals surface area contributed by atoms with E-state index in [0.717, 1.165) is 22.8 Å². The molecule has 6 nitrogen and oxygen atoms in total. The predicted octanol–water partition coefficient (Wildman–Crippen LogP) is 2.87. The van der Waals surface area contributed by atoms with Crippen LogP contribution in [0, 0.1) is 19.3 Å². The van der Waals surface area contributed by atoms with Gasteiger partial charge in [0.15, 0.2) is 0 Å². The average Bonchev–Trinajstić information content (AvgIpc) is 2.96. The number of nitrogens with zero attached hydrogens (tertiary/aromatic N) is 2. The van der Waals surface area contributed by atoms with Crippen LogP contribution in [0.25, 0.3) is 5.69 Å². The number of aryl methyl sites for hydroxylation is 1. The molecular formula is C19H25N3O3. The van der Waals surface area contributed by atoms with Crippen molar-refractivity contribution in [3.05, 3.63) is 42.0 Å². The topological polar surface area (TPSA) is 65.4 Å². The number of rotatable bonds is 5. The van der Waals surface area contributed by atoms with Gasteiger partial charge in [-0.25, -0.2) is 4.98 Å². The minimum absolute atomic E-state index is 0.0000517. The second kappa shape index (κ2) is 7.37. The van der Waals surface area contributed by atoms with Crippen LogP contribution in [-0.4, -0.2) is 42.4 Å². The molecule has 0 spiro atoms. The van der Waals surface area contributed by atoms with Crippen molar-refractivity contribution in [1.82, 2.24) is 9.55 Å². The van der Waals surface area contributed by atoms with Crippen molar-refractivity contribution in [3.63, 3.8) is 0 Å². The number of anilines is 1. The molecule has 6 heteroatoms. The van der Waals surface area contributed by atoms with Crippen LogP contribution in [0.2, 0.25) is 0 Å². The monoisotopic (exact) mass is 343 g/mol. The zero-order valence-electron chi connectivity index (χ0n) is 15.0. The number of nitrogens with one attached hydrogen (secondary N) is 1. The van der Waals surface area contributed by atoms with Crippen molar-refractivity contribution in [2.24, 2.45) is 5.41 Å². The second-order valence-electron chi connectivity index (χ2n) is 6.61. The highest BCUT2D eigenvalue weighted by molar-refractivity contribution is 5.95. The van der Waals surface area contributed by atoms with E-state index >= 15 is 0 Å². The lowest BCUT2D eigenvalue weighted by Gasteiger charge is -2.35. The Morgan fingerprint density at radius 2 is 1.96 bits per heavy atom. The molecular weight excluding hydrogens is 318 g/mol. The lowest BCUT2D eigenvalue weighted by molar-refractivity contribution is -0.135. The molecule has 0 atom stereocenters. The largest absolute Gasteiger partial charge is 0.384 e. The molecule has 1 aromatic carbocycles. The molecule has 1 aliphatic heterocycles. The van der Waals surface area contributed by atoms with Gasteiger partial charge in [-0.15, -0.1) is 0 Å². The second-order valence-corrected chi connectivity index (χ2v) is 6.61. The maximum Gasteiger partial charge on any atom is 0.233 e. The summed E-state index contributed by atoms with van der Waals surface area (Å²) in [7, 11) is 1.63. The van der Waals surface area contributed by atoms with Crippen LogP contribution < -0.4 is 5.32 Å². The number of hydrogen-bond acceptors (Lipinski definition) is 4. The standard InChI is InChI=1S/C19H25N3O3/c1-14-15(2)22(13-20-14)17-6-4-16(5-7-17)21-18(23)19(12-24-3)8-10-25-11-9-19/h4-7,13H,8-12H2,1-3H3,(H,21,23). The van der Waals surface area contributed by atoms with Crippen LogP contribution in [0.3, 0.4) is 0 Å². The predicted molar refractivity (Wildman–Crippen MR) is 96.0 cm³/mol. The Labute approximate surface area is 148 Å². The van der Waals surface area contributed by atoms with Crippen LogP contribution in [0.5, 0.6) is 0 Å². The molecule has 0 aliphatic carbocycles. The van der Waals surface area contributed by atoms with Crippen LogP contribution in [0.15, 0.2) is 30.6 Å². The van der Waals surface area contributed by atoms with Gasteiger partial charge in [-0.05, 0) is 51.0 Å². The summed E-state index contributed by atoms with van der Waals surface area (Å²) in [5.41, 5.74) is 3.42. The Kier molecular flexibility index (Phi) is 5.20. The van der Waals surface area contributed by atoms with Crippen LogP contribution in [0.4, 0.5) is 5.69 Å². The summed E-state index contributed by atoms with van der Waals surface area (Å²) in [4.78, 5) is 17.2. The molecule has 1 aliphatic rings. The summed E-state index contributed by atoms with van der Waals surface area (Å²) in [6.45, 7) is 5.62. The first kappa shape index (κ1) is 17.6. The molecule has 1 fully saturated rings. The molecule has 1 N–H and O–H groups in total. The van der Waals surface area contributed by atoms with Gasteiger partial charge in [0.1, 0.15) is 0 Å². The van der Waals surface area contributed by atoms with E-state index in [1.165, 1.54) is 0 Å². The maximum atomic E-state index is 12.8. The van der Waals surface area contributed by atoms with Crippen LogP contribution in [-0.2, 0) is 14.3 Å². The number of carbonyl (C=O) groups is 1. The number of benzene rings is 1.